The molecule has 5 rings (SSSR count). The minimum atomic E-state index is -0.736. The quantitative estimate of drug-likeness (QED) is 0.317. The number of carbonyl (C=O) groups excluding carboxylic acids is 1. The summed E-state index contributed by atoms with van der Waals surface area (Å²) in [7, 11) is 0. The van der Waals surface area contributed by atoms with Gasteiger partial charge < -0.3 is 10.0 Å². The topological polar surface area (TPSA) is 40.5 Å². The van der Waals surface area contributed by atoms with Crippen LogP contribution in [0.2, 0.25) is 0 Å². The van der Waals surface area contributed by atoms with Crippen molar-refractivity contribution in [2.45, 2.75) is 25.0 Å². The molecule has 34 heavy (non-hydrogen) atoms. The lowest BCUT2D eigenvalue weighted by Crippen LogP contribution is -2.55. The molecular weight excluding hydrogens is 425 g/mol. The van der Waals surface area contributed by atoms with E-state index in [0.29, 0.717) is 18.4 Å². The van der Waals surface area contributed by atoms with Gasteiger partial charge in [-0.05, 0) is 59.4 Å². The summed E-state index contributed by atoms with van der Waals surface area (Å²) >= 11 is 0. The third-order valence-electron chi connectivity index (χ3n) is 6.61. The van der Waals surface area contributed by atoms with Gasteiger partial charge in [0.05, 0.1) is 18.1 Å². The number of amides is 1. The minimum Gasteiger partial charge on any atom is -0.388 e. The molecule has 170 valence electrons. The Morgan fingerprint density at radius 3 is 2.00 bits per heavy atom. The van der Waals surface area contributed by atoms with Crippen molar-refractivity contribution in [1.29, 1.82) is 0 Å². The standard InChI is InChI=1S/C30H26FNO2/c31-25-17-15-23(16-18-25)28(33)20-19-27-29(32(30(27)34)26-9-5-2-6-10-26)24-13-11-22(12-14-24)21-7-3-1-4-8-21/h1-18,27-29,33H,19-20H2/t27-,28+,29-/m1/s1. The molecule has 4 aromatic carbocycles. The van der Waals surface area contributed by atoms with Gasteiger partial charge in [0.25, 0.3) is 0 Å². The van der Waals surface area contributed by atoms with Gasteiger partial charge in [-0.3, -0.25) is 4.79 Å². The molecule has 1 N–H and O–H groups in total. The van der Waals surface area contributed by atoms with Gasteiger partial charge in [-0.1, -0.05) is 84.9 Å². The summed E-state index contributed by atoms with van der Waals surface area (Å²) in [5.41, 5.74) is 4.89. The number of halogens is 1. The Labute approximate surface area is 199 Å². The molecule has 1 aliphatic rings. The zero-order valence-corrected chi connectivity index (χ0v) is 18.7. The van der Waals surface area contributed by atoms with Gasteiger partial charge in [-0.2, -0.15) is 0 Å². The van der Waals surface area contributed by atoms with E-state index < -0.39 is 6.10 Å². The van der Waals surface area contributed by atoms with E-state index in [9.17, 15) is 14.3 Å². The van der Waals surface area contributed by atoms with E-state index in [-0.39, 0.29) is 23.7 Å². The number of para-hydroxylation sites is 1. The van der Waals surface area contributed by atoms with Crippen molar-refractivity contribution < 1.29 is 14.3 Å². The fourth-order valence-electron chi connectivity index (χ4n) is 4.78. The third kappa shape index (κ3) is 4.37. The Morgan fingerprint density at radius 1 is 0.765 bits per heavy atom. The van der Waals surface area contributed by atoms with Crippen LogP contribution in [0.3, 0.4) is 0 Å². The number of β-lactam (4-membered cyclic amide) rings is 1. The highest BCUT2D eigenvalue weighted by Crippen LogP contribution is 2.46. The molecule has 1 aliphatic heterocycles. The highest BCUT2D eigenvalue weighted by molar-refractivity contribution is 6.03. The number of carbonyl (C=O) groups is 1. The first-order valence-corrected chi connectivity index (χ1v) is 11.6. The molecule has 3 nitrogen and oxygen atoms in total. The average molecular weight is 452 g/mol. The molecule has 4 heteroatoms. The van der Waals surface area contributed by atoms with E-state index in [1.807, 2.05) is 53.4 Å². The number of benzene rings is 4. The van der Waals surface area contributed by atoms with Gasteiger partial charge >= 0.3 is 0 Å². The molecule has 4 aromatic rings. The first-order chi connectivity index (χ1) is 16.6. The molecule has 0 bridgehead atoms. The number of nitrogens with zero attached hydrogens (tertiary/aromatic N) is 1. The second kappa shape index (κ2) is 9.62. The van der Waals surface area contributed by atoms with Crippen molar-refractivity contribution >= 4 is 11.6 Å². The Bertz CT molecular complexity index is 1240. The van der Waals surface area contributed by atoms with Crippen molar-refractivity contribution in [2.75, 3.05) is 4.90 Å². The van der Waals surface area contributed by atoms with Crippen LogP contribution in [0.25, 0.3) is 11.1 Å². The molecule has 0 unspecified atom stereocenters. The Balaban J connectivity index is 1.38. The monoisotopic (exact) mass is 451 g/mol. The number of hydrogen-bond acceptors (Lipinski definition) is 2. The highest BCUT2D eigenvalue weighted by atomic mass is 19.1. The maximum atomic E-state index is 13.2. The fraction of sp³-hybridized carbons (Fsp3) is 0.167. The van der Waals surface area contributed by atoms with Crippen molar-refractivity contribution in [2.24, 2.45) is 5.92 Å². The second-order valence-corrected chi connectivity index (χ2v) is 8.73. The van der Waals surface area contributed by atoms with Crippen LogP contribution < -0.4 is 4.90 Å². The van der Waals surface area contributed by atoms with Crippen LogP contribution in [0, 0.1) is 11.7 Å². The van der Waals surface area contributed by atoms with Crippen LogP contribution in [0.4, 0.5) is 10.1 Å². The first-order valence-electron chi connectivity index (χ1n) is 11.6. The van der Waals surface area contributed by atoms with E-state index in [1.54, 1.807) is 12.1 Å². The van der Waals surface area contributed by atoms with E-state index in [1.165, 1.54) is 12.1 Å². The van der Waals surface area contributed by atoms with Gasteiger partial charge in [0, 0.05) is 5.69 Å². The summed E-state index contributed by atoms with van der Waals surface area (Å²) in [6, 6.07) is 34.1. The Kier molecular flexibility index (Phi) is 6.24. The molecule has 1 saturated heterocycles. The third-order valence-corrected chi connectivity index (χ3v) is 6.61. The Morgan fingerprint density at radius 2 is 1.35 bits per heavy atom. The normalized spacial score (nSPS) is 18.4. The molecule has 0 radical (unpaired) electrons. The van der Waals surface area contributed by atoms with Crippen LogP contribution in [-0.2, 0) is 4.79 Å². The fourth-order valence-corrected chi connectivity index (χ4v) is 4.78. The van der Waals surface area contributed by atoms with Gasteiger partial charge in [0.1, 0.15) is 5.82 Å². The number of hydrogen-bond donors (Lipinski definition) is 1. The van der Waals surface area contributed by atoms with Crippen LogP contribution in [0.5, 0.6) is 0 Å². The van der Waals surface area contributed by atoms with Crippen molar-refractivity contribution in [3.8, 4) is 11.1 Å². The predicted molar refractivity (Wildman–Crippen MR) is 133 cm³/mol. The van der Waals surface area contributed by atoms with Crippen LogP contribution in [0.1, 0.15) is 36.1 Å². The number of anilines is 1. The minimum absolute atomic E-state index is 0.0645. The second-order valence-electron chi connectivity index (χ2n) is 8.73. The van der Waals surface area contributed by atoms with Crippen molar-refractivity contribution in [3.63, 3.8) is 0 Å². The summed E-state index contributed by atoms with van der Waals surface area (Å²) in [5, 5.41) is 10.6. The molecule has 0 saturated carbocycles. The Hall–Kier alpha value is -3.76. The molecule has 1 fully saturated rings. The largest absolute Gasteiger partial charge is 0.388 e. The summed E-state index contributed by atoms with van der Waals surface area (Å²) in [5.74, 6) is -0.491. The molecule has 1 heterocycles. The molecule has 3 atom stereocenters. The molecule has 0 spiro atoms. The highest BCUT2D eigenvalue weighted by Gasteiger charge is 2.48. The van der Waals surface area contributed by atoms with Gasteiger partial charge in [-0.25, -0.2) is 4.39 Å². The molecule has 1 amide bonds. The predicted octanol–water partition coefficient (Wildman–Crippen LogP) is 6.71. The zero-order valence-electron chi connectivity index (χ0n) is 18.7. The average Bonchev–Trinajstić information content (AvgIpc) is 2.89. The van der Waals surface area contributed by atoms with E-state index in [0.717, 1.165) is 22.4 Å². The van der Waals surface area contributed by atoms with E-state index in [2.05, 4.69) is 36.4 Å². The maximum absolute atomic E-state index is 13.2. The van der Waals surface area contributed by atoms with E-state index in [4.69, 9.17) is 0 Å². The first kappa shape index (κ1) is 22.1. The van der Waals surface area contributed by atoms with Crippen molar-refractivity contribution in [1.82, 2.24) is 0 Å². The van der Waals surface area contributed by atoms with Gasteiger partial charge in [0.15, 0.2) is 0 Å². The summed E-state index contributed by atoms with van der Waals surface area (Å²) in [4.78, 5) is 15.1. The van der Waals surface area contributed by atoms with Crippen LogP contribution >= 0.6 is 0 Å². The summed E-state index contributed by atoms with van der Waals surface area (Å²) in [6.45, 7) is 0. The molecule has 0 aliphatic carbocycles. The van der Waals surface area contributed by atoms with Crippen molar-refractivity contribution in [3.05, 3.63) is 126 Å². The smallest absolute Gasteiger partial charge is 0.233 e. The van der Waals surface area contributed by atoms with Crippen LogP contribution in [0.15, 0.2) is 109 Å². The summed E-state index contributed by atoms with van der Waals surface area (Å²) in [6.07, 6.45) is 0.245. The van der Waals surface area contributed by atoms with Gasteiger partial charge in [0.2, 0.25) is 5.91 Å². The number of aliphatic hydroxyl groups is 1. The number of aliphatic hydroxyl groups excluding tert-OH is 1. The maximum Gasteiger partial charge on any atom is 0.233 e. The van der Waals surface area contributed by atoms with Gasteiger partial charge in [-0.15, -0.1) is 0 Å². The SMILES string of the molecule is O=C1[C@H](CC[C@H](O)c2ccc(F)cc2)[C@@H](c2ccc(-c3ccccc3)cc2)N1c1ccccc1. The van der Waals surface area contributed by atoms with E-state index >= 15 is 0 Å². The molecule has 0 aromatic heterocycles. The lowest BCUT2D eigenvalue weighted by molar-refractivity contribution is -0.131. The summed E-state index contributed by atoms with van der Waals surface area (Å²) < 4.78 is 13.2. The lowest BCUT2D eigenvalue weighted by atomic mass is 9.78. The lowest BCUT2D eigenvalue weighted by Gasteiger charge is -2.48. The van der Waals surface area contributed by atoms with Crippen LogP contribution in [-0.4, -0.2) is 11.0 Å². The zero-order chi connectivity index (χ0) is 23.5. The molecular formula is C30H26FNO2. The number of rotatable bonds is 7.